The number of nitrogens with two attached hydrogens (primary N) is 1. The normalized spacial score (nSPS) is 10.0. The number of nitrogens with one attached hydrogen (secondary N) is 1. The highest BCUT2D eigenvalue weighted by molar-refractivity contribution is 7.07. The molecule has 2 rings (SSSR count). The number of thiazole rings is 1. The average Bonchev–Trinajstić information content (AvgIpc) is 2.85. The van der Waals surface area contributed by atoms with Crippen molar-refractivity contribution in [2.45, 2.75) is 0 Å². The van der Waals surface area contributed by atoms with E-state index in [0.29, 0.717) is 5.69 Å². The SMILES string of the molecule is Nc1ccc(NC(=O)c2cscn2)cc1[N+](=O)[O-]. The third-order valence-corrected chi connectivity index (χ3v) is 2.74. The number of hydrogen-bond acceptors (Lipinski definition) is 6. The number of nitrogen functional groups attached to an aromatic ring is 1. The Morgan fingerprint density at radius 3 is 2.89 bits per heavy atom. The lowest BCUT2D eigenvalue weighted by atomic mass is 10.2. The molecule has 0 radical (unpaired) electrons. The van der Waals surface area contributed by atoms with E-state index in [-0.39, 0.29) is 17.1 Å². The number of nitro groups is 1. The van der Waals surface area contributed by atoms with E-state index in [0.717, 1.165) is 0 Å². The maximum absolute atomic E-state index is 11.7. The van der Waals surface area contributed by atoms with Crippen LogP contribution in [0.5, 0.6) is 0 Å². The summed E-state index contributed by atoms with van der Waals surface area (Å²) in [5.41, 5.74) is 7.35. The molecule has 0 aliphatic carbocycles. The number of nitro benzene ring substituents is 1. The fourth-order valence-electron chi connectivity index (χ4n) is 1.30. The van der Waals surface area contributed by atoms with Crippen molar-refractivity contribution in [2.24, 2.45) is 0 Å². The molecule has 0 aliphatic rings. The summed E-state index contributed by atoms with van der Waals surface area (Å²) < 4.78 is 0. The van der Waals surface area contributed by atoms with E-state index in [1.165, 1.54) is 35.0 Å². The average molecular weight is 264 g/mol. The zero-order valence-electron chi connectivity index (χ0n) is 8.99. The number of rotatable bonds is 3. The molecule has 7 nitrogen and oxygen atoms in total. The number of hydrogen-bond donors (Lipinski definition) is 2. The Kier molecular flexibility index (Phi) is 3.20. The van der Waals surface area contributed by atoms with Gasteiger partial charge in [-0.3, -0.25) is 14.9 Å². The molecule has 1 aromatic carbocycles. The molecule has 0 saturated heterocycles. The topological polar surface area (TPSA) is 111 Å². The zero-order chi connectivity index (χ0) is 13.1. The Morgan fingerprint density at radius 2 is 2.28 bits per heavy atom. The lowest BCUT2D eigenvalue weighted by Gasteiger charge is -2.04. The van der Waals surface area contributed by atoms with Crippen molar-refractivity contribution in [1.29, 1.82) is 0 Å². The van der Waals surface area contributed by atoms with E-state index in [1.54, 1.807) is 5.38 Å². The summed E-state index contributed by atoms with van der Waals surface area (Å²) >= 11 is 1.29. The fraction of sp³-hybridized carbons (Fsp3) is 0. The van der Waals surface area contributed by atoms with Crippen molar-refractivity contribution in [3.05, 3.63) is 44.9 Å². The summed E-state index contributed by atoms with van der Waals surface area (Å²) in [5, 5.41) is 14.8. The quantitative estimate of drug-likeness (QED) is 0.499. The second-order valence-corrected chi connectivity index (χ2v) is 4.08. The molecule has 8 heteroatoms. The van der Waals surface area contributed by atoms with Crippen LogP contribution in [0.1, 0.15) is 10.5 Å². The number of amides is 1. The minimum absolute atomic E-state index is 0.0478. The molecular formula is C10H8N4O3S. The zero-order valence-corrected chi connectivity index (χ0v) is 9.81. The summed E-state index contributed by atoms with van der Waals surface area (Å²) in [6, 6.07) is 4.07. The van der Waals surface area contributed by atoms with Crippen molar-refractivity contribution in [3.8, 4) is 0 Å². The van der Waals surface area contributed by atoms with Crippen LogP contribution in [-0.4, -0.2) is 15.8 Å². The van der Waals surface area contributed by atoms with Crippen LogP contribution in [0.4, 0.5) is 17.1 Å². The van der Waals surface area contributed by atoms with Crippen LogP contribution >= 0.6 is 11.3 Å². The first-order valence-electron chi connectivity index (χ1n) is 4.81. The van der Waals surface area contributed by atoms with Crippen molar-refractivity contribution < 1.29 is 9.72 Å². The molecule has 0 spiro atoms. The van der Waals surface area contributed by atoms with Crippen LogP contribution in [0.2, 0.25) is 0 Å². The summed E-state index contributed by atoms with van der Waals surface area (Å²) in [5.74, 6) is -0.421. The molecular weight excluding hydrogens is 256 g/mol. The van der Waals surface area contributed by atoms with Gasteiger partial charge in [-0.2, -0.15) is 0 Å². The Balaban J connectivity index is 2.22. The summed E-state index contributed by atoms with van der Waals surface area (Å²) in [6.07, 6.45) is 0. The van der Waals surface area contributed by atoms with Gasteiger partial charge in [-0.1, -0.05) is 0 Å². The van der Waals surface area contributed by atoms with Crippen LogP contribution in [0.15, 0.2) is 29.1 Å². The molecule has 1 aromatic heterocycles. The van der Waals surface area contributed by atoms with Crippen molar-refractivity contribution in [2.75, 3.05) is 11.1 Å². The van der Waals surface area contributed by atoms with Crippen LogP contribution in [0, 0.1) is 10.1 Å². The highest BCUT2D eigenvalue weighted by Crippen LogP contribution is 2.25. The second kappa shape index (κ2) is 4.80. The lowest BCUT2D eigenvalue weighted by molar-refractivity contribution is -0.383. The van der Waals surface area contributed by atoms with Gasteiger partial charge in [0.2, 0.25) is 0 Å². The maximum Gasteiger partial charge on any atom is 0.294 e. The fourth-order valence-corrected chi connectivity index (χ4v) is 1.83. The van der Waals surface area contributed by atoms with Gasteiger partial charge in [-0.05, 0) is 12.1 Å². The third kappa shape index (κ3) is 2.43. The second-order valence-electron chi connectivity index (χ2n) is 3.36. The van der Waals surface area contributed by atoms with Gasteiger partial charge in [-0.25, -0.2) is 4.98 Å². The Bertz CT molecular complexity index is 597. The molecule has 18 heavy (non-hydrogen) atoms. The van der Waals surface area contributed by atoms with Gasteiger partial charge in [0.05, 0.1) is 10.4 Å². The number of carbonyl (C=O) groups is 1. The molecule has 1 heterocycles. The summed E-state index contributed by atoms with van der Waals surface area (Å²) in [4.78, 5) is 25.6. The molecule has 92 valence electrons. The largest absolute Gasteiger partial charge is 0.393 e. The first kappa shape index (κ1) is 12.0. The van der Waals surface area contributed by atoms with E-state index in [1.807, 2.05) is 0 Å². The number of nitrogens with zero attached hydrogens (tertiary/aromatic N) is 2. The number of aromatic nitrogens is 1. The lowest BCUT2D eigenvalue weighted by Crippen LogP contribution is -2.12. The Morgan fingerprint density at radius 1 is 1.50 bits per heavy atom. The molecule has 1 amide bonds. The van der Waals surface area contributed by atoms with Crippen LogP contribution in [0.3, 0.4) is 0 Å². The van der Waals surface area contributed by atoms with E-state index in [9.17, 15) is 14.9 Å². The number of benzene rings is 1. The Labute approximate surface area is 105 Å². The van der Waals surface area contributed by atoms with Gasteiger partial charge in [0.15, 0.2) is 0 Å². The van der Waals surface area contributed by atoms with E-state index >= 15 is 0 Å². The molecule has 0 fully saturated rings. The monoisotopic (exact) mass is 264 g/mol. The van der Waals surface area contributed by atoms with Gasteiger partial charge in [0.1, 0.15) is 11.4 Å². The summed E-state index contributed by atoms with van der Waals surface area (Å²) in [6.45, 7) is 0. The van der Waals surface area contributed by atoms with Gasteiger partial charge in [0, 0.05) is 17.1 Å². The van der Waals surface area contributed by atoms with Gasteiger partial charge < -0.3 is 11.1 Å². The molecule has 0 aliphatic heterocycles. The predicted molar refractivity (Wildman–Crippen MR) is 67.6 cm³/mol. The predicted octanol–water partition coefficient (Wildman–Crippen LogP) is 1.89. The number of anilines is 2. The highest BCUT2D eigenvalue weighted by Gasteiger charge is 2.14. The smallest absolute Gasteiger partial charge is 0.294 e. The first-order valence-corrected chi connectivity index (χ1v) is 5.75. The minimum atomic E-state index is -0.603. The molecule has 3 N–H and O–H groups in total. The van der Waals surface area contributed by atoms with Crippen molar-refractivity contribution >= 4 is 34.3 Å². The number of carbonyl (C=O) groups excluding carboxylic acids is 1. The third-order valence-electron chi connectivity index (χ3n) is 2.15. The van der Waals surface area contributed by atoms with Crippen LogP contribution in [-0.2, 0) is 0 Å². The van der Waals surface area contributed by atoms with Crippen molar-refractivity contribution in [3.63, 3.8) is 0 Å². The van der Waals surface area contributed by atoms with Crippen molar-refractivity contribution in [1.82, 2.24) is 4.98 Å². The van der Waals surface area contributed by atoms with E-state index < -0.39 is 10.8 Å². The summed E-state index contributed by atoms with van der Waals surface area (Å²) in [7, 11) is 0. The minimum Gasteiger partial charge on any atom is -0.393 e. The standard InChI is InChI=1S/C10H8N4O3S/c11-7-2-1-6(3-9(7)14(16)17)13-10(15)8-4-18-5-12-8/h1-5H,11H2,(H,13,15). The van der Waals surface area contributed by atoms with Gasteiger partial charge in [0.25, 0.3) is 11.6 Å². The van der Waals surface area contributed by atoms with Gasteiger partial charge >= 0.3 is 0 Å². The van der Waals surface area contributed by atoms with E-state index in [4.69, 9.17) is 5.73 Å². The van der Waals surface area contributed by atoms with E-state index in [2.05, 4.69) is 10.3 Å². The molecule has 0 atom stereocenters. The highest BCUT2D eigenvalue weighted by atomic mass is 32.1. The van der Waals surface area contributed by atoms with Crippen LogP contribution in [0.25, 0.3) is 0 Å². The first-order chi connectivity index (χ1) is 8.58. The molecule has 0 unspecified atom stereocenters. The maximum atomic E-state index is 11.7. The van der Waals surface area contributed by atoms with Gasteiger partial charge in [-0.15, -0.1) is 11.3 Å². The van der Waals surface area contributed by atoms with Crippen LogP contribution < -0.4 is 11.1 Å². The molecule has 0 saturated carbocycles. The Hall–Kier alpha value is -2.48. The molecule has 2 aromatic rings. The molecule has 0 bridgehead atoms.